The maximum atomic E-state index is 12.6. The van der Waals surface area contributed by atoms with Crippen molar-refractivity contribution in [2.75, 3.05) is 18.8 Å². The van der Waals surface area contributed by atoms with Crippen molar-refractivity contribution in [2.24, 2.45) is 5.92 Å². The summed E-state index contributed by atoms with van der Waals surface area (Å²) in [4.78, 5) is 0.205. The molecule has 0 aliphatic carbocycles. The second-order valence-electron chi connectivity index (χ2n) is 5.12. The Morgan fingerprint density at radius 3 is 2.79 bits per heavy atom. The molecule has 1 fully saturated rings. The van der Waals surface area contributed by atoms with Crippen LogP contribution in [0.4, 0.5) is 5.69 Å². The zero-order valence-electron chi connectivity index (χ0n) is 11.0. The van der Waals surface area contributed by atoms with E-state index in [1.54, 1.807) is 22.5 Å². The summed E-state index contributed by atoms with van der Waals surface area (Å²) in [5.74, 6) is 0.583. The Morgan fingerprint density at radius 2 is 2.05 bits per heavy atom. The molecule has 1 heterocycles. The predicted octanol–water partition coefficient (Wildman–Crippen LogP) is 2.84. The first-order valence-corrected chi connectivity index (χ1v) is 8.70. The fourth-order valence-corrected chi connectivity index (χ4v) is 4.50. The van der Waals surface area contributed by atoms with Crippen molar-refractivity contribution in [1.82, 2.24) is 4.31 Å². The van der Waals surface area contributed by atoms with E-state index in [1.807, 2.05) is 0 Å². The van der Waals surface area contributed by atoms with Gasteiger partial charge in [-0.2, -0.15) is 4.31 Å². The number of sulfonamides is 1. The number of hydrogen-bond acceptors (Lipinski definition) is 3. The van der Waals surface area contributed by atoms with E-state index in [0.29, 0.717) is 24.7 Å². The van der Waals surface area contributed by atoms with Gasteiger partial charge in [0, 0.05) is 17.6 Å². The second kappa shape index (κ2) is 5.81. The predicted molar refractivity (Wildman–Crippen MR) is 80.3 cm³/mol. The summed E-state index contributed by atoms with van der Waals surface area (Å²) in [5.41, 5.74) is 6.13. The molecule has 6 heteroatoms. The molecule has 0 aromatic heterocycles. The van der Waals surface area contributed by atoms with Gasteiger partial charge < -0.3 is 5.73 Å². The van der Waals surface area contributed by atoms with E-state index in [9.17, 15) is 8.42 Å². The minimum Gasteiger partial charge on any atom is -0.398 e. The zero-order valence-corrected chi connectivity index (χ0v) is 13.4. The van der Waals surface area contributed by atoms with E-state index in [0.717, 1.165) is 23.7 Å². The Bertz CT molecular complexity index is 560. The molecule has 1 aliphatic heterocycles. The van der Waals surface area contributed by atoms with E-state index in [-0.39, 0.29) is 4.90 Å². The standard InChI is InChI=1S/C13H19BrN2O2S/c1-10-3-2-7-16(8-6-10)19(17,18)13-9-11(14)4-5-12(13)15/h4-5,9-10H,2-3,6-8,15H2,1H3. The van der Waals surface area contributed by atoms with E-state index in [1.165, 1.54) is 0 Å². The first-order chi connectivity index (χ1) is 8.91. The van der Waals surface area contributed by atoms with Crippen molar-refractivity contribution in [2.45, 2.75) is 31.1 Å². The zero-order chi connectivity index (χ0) is 14.0. The van der Waals surface area contributed by atoms with Gasteiger partial charge in [0.1, 0.15) is 4.90 Å². The molecule has 1 aromatic rings. The molecule has 1 aliphatic rings. The molecule has 0 amide bonds. The molecule has 0 radical (unpaired) electrons. The van der Waals surface area contributed by atoms with Crippen LogP contribution in [-0.2, 0) is 10.0 Å². The van der Waals surface area contributed by atoms with Crippen molar-refractivity contribution >= 4 is 31.6 Å². The van der Waals surface area contributed by atoms with Crippen LogP contribution in [0.15, 0.2) is 27.6 Å². The number of halogens is 1. The van der Waals surface area contributed by atoms with Gasteiger partial charge in [-0.1, -0.05) is 22.9 Å². The minimum absolute atomic E-state index is 0.205. The van der Waals surface area contributed by atoms with Gasteiger partial charge in [0.25, 0.3) is 0 Å². The number of hydrogen-bond donors (Lipinski definition) is 1. The van der Waals surface area contributed by atoms with Crippen molar-refractivity contribution in [3.8, 4) is 0 Å². The van der Waals surface area contributed by atoms with Gasteiger partial charge in [0.2, 0.25) is 10.0 Å². The molecule has 1 atom stereocenters. The fraction of sp³-hybridized carbons (Fsp3) is 0.538. The van der Waals surface area contributed by atoms with Crippen molar-refractivity contribution in [3.63, 3.8) is 0 Å². The van der Waals surface area contributed by atoms with Crippen molar-refractivity contribution in [1.29, 1.82) is 0 Å². The number of nitrogens with zero attached hydrogens (tertiary/aromatic N) is 1. The molecule has 2 N–H and O–H groups in total. The molecule has 1 saturated heterocycles. The van der Waals surface area contributed by atoms with Crippen LogP contribution >= 0.6 is 15.9 Å². The highest BCUT2D eigenvalue weighted by Gasteiger charge is 2.28. The highest BCUT2D eigenvalue weighted by molar-refractivity contribution is 9.10. The Hall–Kier alpha value is -0.590. The van der Waals surface area contributed by atoms with Crippen LogP contribution in [0.3, 0.4) is 0 Å². The van der Waals surface area contributed by atoms with E-state index >= 15 is 0 Å². The van der Waals surface area contributed by atoms with Gasteiger partial charge >= 0.3 is 0 Å². The van der Waals surface area contributed by atoms with Crippen LogP contribution in [0, 0.1) is 5.92 Å². The molecule has 19 heavy (non-hydrogen) atoms. The van der Waals surface area contributed by atoms with Gasteiger partial charge in [0.15, 0.2) is 0 Å². The average molecular weight is 347 g/mol. The summed E-state index contributed by atoms with van der Waals surface area (Å²) in [6.07, 6.45) is 2.90. The summed E-state index contributed by atoms with van der Waals surface area (Å²) >= 11 is 3.30. The van der Waals surface area contributed by atoms with E-state index in [4.69, 9.17) is 5.73 Å². The van der Waals surface area contributed by atoms with Crippen LogP contribution in [-0.4, -0.2) is 25.8 Å². The lowest BCUT2D eigenvalue weighted by Gasteiger charge is -2.21. The summed E-state index contributed by atoms with van der Waals surface area (Å²) < 4.78 is 27.6. The maximum absolute atomic E-state index is 12.6. The molecule has 1 aromatic carbocycles. The number of nitrogen functional groups attached to an aromatic ring is 1. The molecule has 0 saturated carbocycles. The first kappa shape index (κ1) is 14.8. The highest BCUT2D eigenvalue weighted by atomic mass is 79.9. The van der Waals surface area contributed by atoms with Crippen LogP contribution < -0.4 is 5.73 Å². The monoisotopic (exact) mass is 346 g/mol. The Morgan fingerprint density at radius 1 is 1.32 bits per heavy atom. The largest absolute Gasteiger partial charge is 0.398 e. The Kier molecular flexibility index (Phi) is 4.53. The van der Waals surface area contributed by atoms with Gasteiger partial charge in [-0.25, -0.2) is 8.42 Å². The number of nitrogens with two attached hydrogens (primary N) is 1. The first-order valence-electron chi connectivity index (χ1n) is 6.46. The molecular formula is C13H19BrN2O2S. The maximum Gasteiger partial charge on any atom is 0.245 e. The third-order valence-corrected chi connectivity index (χ3v) is 6.02. The van der Waals surface area contributed by atoms with Crippen LogP contribution in [0.1, 0.15) is 26.2 Å². The summed E-state index contributed by atoms with van der Waals surface area (Å²) in [6, 6.07) is 4.95. The highest BCUT2D eigenvalue weighted by Crippen LogP contribution is 2.28. The third kappa shape index (κ3) is 3.30. The number of benzene rings is 1. The molecular weight excluding hydrogens is 328 g/mol. The summed E-state index contributed by atoms with van der Waals surface area (Å²) in [6.45, 7) is 3.33. The van der Waals surface area contributed by atoms with E-state index in [2.05, 4.69) is 22.9 Å². The molecule has 2 rings (SSSR count). The topological polar surface area (TPSA) is 63.4 Å². The normalized spacial score (nSPS) is 22.1. The summed E-state index contributed by atoms with van der Waals surface area (Å²) in [7, 11) is -3.48. The van der Waals surface area contributed by atoms with Gasteiger partial charge in [0.05, 0.1) is 5.69 Å². The molecule has 4 nitrogen and oxygen atoms in total. The molecule has 0 bridgehead atoms. The minimum atomic E-state index is -3.48. The van der Waals surface area contributed by atoms with Crippen LogP contribution in [0.2, 0.25) is 0 Å². The van der Waals surface area contributed by atoms with Gasteiger partial charge in [-0.15, -0.1) is 0 Å². The fourth-order valence-electron chi connectivity index (χ4n) is 2.35. The quantitative estimate of drug-likeness (QED) is 0.837. The lowest BCUT2D eigenvalue weighted by molar-refractivity contribution is 0.417. The van der Waals surface area contributed by atoms with Crippen LogP contribution in [0.25, 0.3) is 0 Å². The Balaban J connectivity index is 2.33. The van der Waals surface area contributed by atoms with Gasteiger partial charge in [-0.05, 0) is 43.4 Å². The number of rotatable bonds is 2. The van der Waals surface area contributed by atoms with Crippen molar-refractivity contribution < 1.29 is 8.42 Å². The van der Waals surface area contributed by atoms with E-state index < -0.39 is 10.0 Å². The molecule has 0 spiro atoms. The summed E-state index contributed by atoms with van der Waals surface area (Å²) in [5, 5.41) is 0. The molecule has 106 valence electrons. The number of anilines is 1. The lowest BCUT2D eigenvalue weighted by atomic mass is 10.0. The van der Waals surface area contributed by atoms with Gasteiger partial charge in [-0.3, -0.25) is 0 Å². The second-order valence-corrected chi connectivity index (χ2v) is 7.94. The third-order valence-electron chi connectivity index (χ3n) is 3.57. The average Bonchev–Trinajstić information content (AvgIpc) is 2.57. The molecule has 1 unspecified atom stereocenters. The van der Waals surface area contributed by atoms with Crippen LogP contribution in [0.5, 0.6) is 0 Å². The van der Waals surface area contributed by atoms with Crippen molar-refractivity contribution in [3.05, 3.63) is 22.7 Å². The Labute approximate surface area is 123 Å². The smallest absolute Gasteiger partial charge is 0.245 e. The SMILES string of the molecule is CC1CCCN(S(=O)(=O)c2cc(Br)ccc2N)CC1. The lowest BCUT2D eigenvalue weighted by Crippen LogP contribution is -2.32.